The number of aryl methyl sites for hydroxylation is 1. The zero-order chi connectivity index (χ0) is 13.8. The summed E-state index contributed by atoms with van der Waals surface area (Å²) in [6.45, 7) is 11.8. The van der Waals surface area contributed by atoms with Gasteiger partial charge in [-0.05, 0) is 51.0 Å². The maximum Gasteiger partial charge on any atom is 0.0550 e. The van der Waals surface area contributed by atoms with Crippen LogP contribution in [0.25, 0.3) is 0 Å². The van der Waals surface area contributed by atoms with E-state index in [0.29, 0.717) is 0 Å². The molecule has 0 aliphatic rings. The van der Waals surface area contributed by atoms with Crippen molar-refractivity contribution in [3.8, 4) is 0 Å². The minimum Gasteiger partial charge on any atom is -0.395 e. The third-order valence-corrected chi connectivity index (χ3v) is 3.80. The monoisotopic (exact) mass is 267 g/mol. The first-order valence-electron chi connectivity index (χ1n) is 6.44. The Hall–Kier alpha value is -0.510. The molecule has 0 aliphatic heterocycles. The van der Waals surface area contributed by atoms with Gasteiger partial charge in [-0.25, -0.2) is 0 Å². The molecule has 0 fully saturated rings. The summed E-state index contributed by atoms with van der Waals surface area (Å²) >= 11 is 1.72. The van der Waals surface area contributed by atoms with Gasteiger partial charge in [-0.3, -0.25) is 0 Å². The molecular formula is C15H25NOS. The summed E-state index contributed by atoms with van der Waals surface area (Å²) in [5, 5.41) is 12.8. The Morgan fingerprint density at radius 3 is 2.50 bits per heavy atom. The van der Waals surface area contributed by atoms with Crippen LogP contribution in [0.15, 0.2) is 23.1 Å². The number of hydrogen-bond acceptors (Lipinski definition) is 3. The molecule has 3 heteroatoms. The van der Waals surface area contributed by atoms with Crippen molar-refractivity contribution in [2.24, 2.45) is 0 Å². The summed E-state index contributed by atoms with van der Waals surface area (Å²) in [4.78, 5) is 1.23. The molecular weight excluding hydrogens is 242 g/mol. The fourth-order valence-corrected chi connectivity index (χ4v) is 2.50. The third kappa shape index (κ3) is 5.42. The van der Waals surface area contributed by atoms with Gasteiger partial charge in [-0.2, -0.15) is 0 Å². The van der Waals surface area contributed by atoms with Gasteiger partial charge >= 0.3 is 0 Å². The van der Waals surface area contributed by atoms with E-state index in [2.05, 4.69) is 51.2 Å². The highest BCUT2D eigenvalue weighted by Gasteiger charge is 2.10. The predicted octanol–water partition coefficient (Wildman–Crippen LogP) is 3.36. The predicted molar refractivity (Wildman–Crippen MR) is 80.2 cm³/mol. The Labute approximate surface area is 115 Å². The molecule has 0 aliphatic carbocycles. The van der Waals surface area contributed by atoms with Gasteiger partial charge in [-0.1, -0.05) is 13.0 Å². The van der Waals surface area contributed by atoms with E-state index in [-0.39, 0.29) is 17.4 Å². The Kier molecular flexibility index (Phi) is 5.70. The summed E-state index contributed by atoms with van der Waals surface area (Å²) in [6, 6.07) is 6.53. The Morgan fingerprint density at radius 2 is 2.00 bits per heavy atom. The highest BCUT2D eigenvalue weighted by Crippen LogP contribution is 2.25. The first-order valence-corrected chi connectivity index (χ1v) is 7.32. The molecule has 1 aromatic rings. The summed E-state index contributed by atoms with van der Waals surface area (Å²) in [5.41, 5.74) is 2.79. The SMILES string of the molecule is Cc1cc(SC(C)CO)ccc1CNC(C)(C)C. The zero-order valence-corrected chi connectivity index (χ0v) is 12.9. The topological polar surface area (TPSA) is 32.3 Å². The molecule has 1 unspecified atom stereocenters. The van der Waals surface area contributed by atoms with Crippen molar-refractivity contribution < 1.29 is 5.11 Å². The smallest absolute Gasteiger partial charge is 0.0550 e. The second-order valence-electron chi connectivity index (χ2n) is 5.80. The van der Waals surface area contributed by atoms with Gasteiger partial charge in [0.2, 0.25) is 0 Å². The molecule has 1 atom stereocenters. The lowest BCUT2D eigenvalue weighted by Gasteiger charge is -2.21. The molecule has 0 saturated carbocycles. The highest BCUT2D eigenvalue weighted by molar-refractivity contribution is 8.00. The number of hydrogen-bond donors (Lipinski definition) is 2. The van der Waals surface area contributed by atoms with Crippen LogP contribution >= 0.6 is 11.8 Å². The lowest BCUT2D eigenvalue weighted by molar-refractivity contribution is 0.300. The molecule has 1 rings (SSSR count). The number of benzene rings is 1. The summed E-state index contributed by atoms with van der Waals surface area (Å²) in [5.74, 6) is 0. The van der Waals surface area contributed by atoms with E-state index < -0.39 is 0 Å². The number of thioether (sulfide) groups is 1. The standard InChI is InChI=1S/C15H25NOS/c1-11-8-14(18-12(2)10-17)7-6-13(11)9-16-15(3,4)5/h6-8,12,16-17H,9-10H2,1-5H3. The quantitative estimate of drug-likeness (QED) is 0.802. The van der Waals surface area contributed by atoms with Crippen molar-refractivity contribution in [2.45, 2.75) is 56.8 Å². The molecule has 0 radical (unpaired) electrons. The molecule has 0 bridgehead atoms. The van der Waals surface area contributed by atoms with Gasteiger partial charge in [-0.15, -0.1) is 11.8 Å². The number of aliphatic hydroxyl groups is 1. The van der Waals surface area contributed by atoms with E-state index in [4.69, 9.17) is 5.11 Å². The van der Waals surface area contributed by atoms with Gasteiger partial charge in [0.1, 0.15) is 0 Å². The van der Waals surface area contributed by atoms with Gasteiger partial charge in [0.25, 0.3) is 0 Å². The van der Waals surface area contributed by atoms with E-state index in [9.17, 15) is 0 Å². The lowest BCUT2D eigenvalue weighted by Crippen LogP contribution is -2.35. The fraction of sp³-hybridized carbons (Fsp3) is 0.600. The lowest BCUT2D eigenvalue weighted by atomic mass is 10.1. The van der Waals surface area contributed by atoms with Crippen LogP contribution in [0.4, 0.5) is 0 Å². The zero-order valence-electron chi connectivity index (χ0n) is 12.1. The van der Waals surface area contributed by atoms with Crippen LogP contribution in [0.5, 0.6) is 0 Å². The van der Waals surface area contributed by atoms with Crippen molar-refractivity contribution in [2.75, 3.05) is 6.61 Å². The molecule has 0 aromatic heterocycles. The van der Waals surface area contributed by atoms with Crippen molar-refractivity contribution >= 4 is 11.8 Å². The van der Waals surface area contributed by atoms with E-state index in [0.717, 1.165) is 6.54 Å². The molecule has 0 spiro atoms. The van der Waals surface area contributed by atoms with Crippen molar-refractivity contribution in [1.82, 2.24) is 5.32 Å². The van der Waals surface area contributed by atoms with Crippen LogP contribution in [0, 0.1) is 6.92 Å². The second kappa shape index (κ2) is 6.60. The molecule has 102 valence electrons. The third-order valence-electron chi connectivity index (χ3n) is 2.72. The van der Waals surface area contributed by atoms with E-state index in [1.165, 1.54) is 16.0 Å². The van der Waals surface area contributed by atoms with Crippen molar-refractivity contribution in [3.63, 3.8) is 0 Å². The largest absolute Gasteiger partial charge is 0.395 e. The Balaban J connectivity index is 2.68. The van der Waals surface area contributed by atoms with Crippen molar-refractivity contribution in [1.29, 1.82) is 0 Å². The second-order valence-corrected chi connectivity index (χ2v) is 7.31. The van der Waals surface area contributed by atoms with Crippen LogP contribution < -0.4 is 5.32 Å². The Morgan fingerprint density at radius 1 is 1.33 bits per heavy atom. The van der Waals surface area contributed by atoms with E-state index >= 15 is 0 Å². The molecule has 0 amide bonds. The minimum atomic E-state index is 0.144. The molecule has 2 nitrogen and oxygen atoms in total. The van der Waals surface area contributed by atoms with Gasteiger partial charge in [0, 0.05) is 22.2 Å². The van der Waals surface area contributed by atoms with Gasteiger partial charge in [0.15, 0.2) is 0 Å². The highest BCUT2D eigenvalue weighted by atomic mass is 32.2. The van der Waals surface area contributed by atoms with Crippen molar-refractivity contribution in [3.05, 3.63) is 29.3 Å². The first kappa shape index (κ1) is 15.5. The Bertz CT molecular complexity index is 385. The summed E-state index contributed by atoms with van der Waals surface area (Å²) in [6.07, 6.45) is 0. The van der Waals surface area contributed by atoms with Crippen LogP contribution in [-0.4, -0.2) is 22.5 Å². The molecule has 1 aromatic carbocycles. The van der Waals surface area contributed by atoms with Gasteiger partial charge in [0.05, 0.1) is 6.61 Å². The first-order chi connectivity index (χ1) is 8.31. The minimum absolute atomic E-state index is 0.144. The average molecular weight is 267 g/mol. The number of aliphatic hydroxyl groups excluding tert-OH is 1. The maximum atomic E-state index is 9.06. The van der Waals surface area contributed by atoms with Crippen LogP contribution in [-0.2, 0) is 6.54 Å². The number of nitrogens with one attached hydrogen (secondary N) is 1. The molecule has 0 heterocycles. The van der Waals surface area contributed by atoms with Gasteiger partial charge < -0.3 is 10.4 Å². The van der Waals surface area contributed by atoms with E-state index in [1.807, 2.05) is 6.92 Å². The number of rotatable bonds is 5. The van der Waals surface area contributed by atoms with Crippen LogP contribution in [0.2, 0.25) is 0 Å². The average Bonchev–Trinajstić information content (AvgIpc) is 2.26. The molecule has 2 N–H and O–H groups in total. The molecule has 0 saturated heterocycles. The van der Waals surface area contributed by atoms with Crippen LogP contribution in [0.1, 0.15) is 38.8 Å². The summed E-state index contributed by atoms with van der Waals surface area (Å²) in [7, 11) is 0. The molecule has 18 heavy (non-hydrogen) atoms. The van der Waals surface area contributed by atoms with E-state index in [1.54, 1.807) is 11.8 Å². The summed E-state index contributed by atoms with van der Waals surface area (Å²) < 4.78 is 0. The fourth-order valence-electron chi connectivity index (χ4n) is 1.57. The normalized spacial score (nSPS) is 13.7. The van der Waals surface area contributed by atoms with Crippen LogP contribution in [0.3, 0.4) is 0 Å². The maximum absolute atomic E-state index is 9.06.